The zero-order chi connectivity index (χ0) is 17.2. The molecule has 1 amide bonds. The van der Waals surface area contributed by atoms with Crippen LogP contribution < -0.4 is 11.1 Å². The first-order chi connectivity index (χ1) is 12.2. The molecule has 4 rings (SSSR count). The summed E-state index contributed by atoms with van der Waals surface area (Å²) in [5.74, 6) is 0.531. The second kappa shape index (κ2) is 6.62. The number of hydrogen-bond acceptors (Lipinski definition) is 5. The van der Waals surface area contributed by atoms with Gasteiger partial charge >= 0.3 is 0 Å². The van der Waals surface area contributed by atoms with Gasteiger partial charge in [-0.2, -0.15) is 0 Å². The van der Waals surface area contributed by atoms with E-state index >= 15 is 0 Å². The van der Waals surface area contributed by atoms with Crippen LogP contribution in [0.3, 0.4) is 0 Å². The Morgan fingerprint density at radius 1 is 1.32 bits per heavy atom. The van der Waals surface area contributed by atoms with Gasteiger partial charge in [0, 0.05) is 36.4 Å². The molecule has 1 aromatic carbocycles. The van der Waals surface area contributed by atoms with E-state index in [0.29, 0.717) is 18.7 Å². The molecule has 1 aliphatic heterocycles. The Kier molecular flexibility index (Phi) is 4.17. The Balaban J connectivity index is 1.46. The van der Waals surface area contributed by atoms with Gasteiger partial charge in [-0.05, 0) is 31.0 Å². The summed E-state index contributed by atoms with van der Waals surface area (Å²) >= 11 is 0. The minimum absolute atomic E-state index is 0.0122. The number of imidazole rings is 1. The van der Waals surface area contributed by atoms with Gasteiger partial charge in [0.25, 0.3) is 5.91 Å². The van der Waals surface area contributed by atoms with Gasteiger partial charge in [0.1, 0.15) is 6.10 Å². The molecule has 0 saturated carbocycles. The van der Waals surface area contributed by atoms with E-state index in [-0.39, 0.29) is 12.0 Å². The van der Waals surface area contributed by atoms with Gasteiger partial charge < -0.3 is 15.8 Å². The van der Waals surface area contributed by atoms with E-state index in [1.165, 1.54) is 0 Å². The van der Waals surface area contributed by atoms with Crippen molar-refractivity contribution in [2.75, 3.05) is 11.9 Å². The van der Waals surface area contributed by atoms with Crippen molar-refractivity contribution in [2.24, 2.45) is 5.73 Å². The third kappa shape index (κ3) is 3.24. The molecule has 128 valence electrons. The summed E-state index contributed by atoms with van der Waals surface area (Å²) < 4.78 is 7.49. The quantitative estimate of drug-likeness (QED) is 0.757. The number of nitrogens with zero attached hydrogens (tertiary/aromatic N) is 3. The molecule has 7 nitrogen and oxygen atoms in total. The van der Waals surface area contributed by atoms with Crippen molar-refractivity contribution >= 4 is 17.4 Å². The van der Waals surface area contributed by atoms with Crippen LogP contribution >= 0.6 is 0 Å². The predicted octanol–water partition coefficient (Wildman–Crippen LogP) is 1.84. The first kappa shape index (κ1) is 15.7. The van der Waals surface area contributed by atoms with Gasteiger partial charge in [0.2, 0.25) is 5.78 Å². The minimum Gasteiger partial charge on any atom is -0.364 e. The molecule has 1 aliphatic rings. The van der Waals surface area contributed by atoms with Gasteiger partial charge in [-0.3, -0.25) is 9.20 Å². The van der Waals surface area contributed by atoms with Crippen molar-refractivity contribution in [3.63, 3.8) is 0 Å². The molecule has 3 N–H and O–H groups in total. The Bertz CT molecular complexity index is 857. The van der Waals surface area contributed by atoms with E-state index in [2.05, 4.69) is 15.3 Å². The van der Waals surface area contributed by atoms with Crippen LogP contribution in [0.4, 0.5) is 5.69 Å². The monoisotopic (exact) mass is 337 g/mol. The van der Waals surface area contributed by atoms with E-state index in [0.717, 1.165) is 23.4 Å². The highest BCUT2D eigenvalue weighted by molar-refractivity contribution is 5.94. The van der Waals surface area contributed by atoms with E-state index in [4.69, 9.17) is 10.5 Å². The van der Waals surface area contributed by atoms with Crippen molar-refractivity contribution in [2.45, 2.75) is 25.0 Å². The molecule has 7 heteroatoms. The fraction of sp³-hybridized carbons (Fsp3) is 0.278. The zero-order valence-corrected chi connectivity index (χ0v) is 13.6. The molecule has 25 heavy (non-hydrogen) atoms. The lowest BCUT2D eigenvalue weighted by Gasteiger charge is -2.12. The highest BCUT2D eigenvalue weighted by atomic mass is 16.5. The van der Waals surface area contributed by atoms with Crippen LogP contribution in [0.25, 0.3) is 17.0 Å². The SMILES string of the molecule is NC[C@H]1CC[C@@H](C(=O)Nc2ccc(-c3cn4cccnc4n3)cc2)O1. The molecule has 0 aliphatic carbocycles. The van der Waals surface area contributed by atoms with Crippen LogP contribution in [0.5, 0.6) is 0 Å². The molecule has 2 aromatic heterocycles. The number of nitrogens with two attached hydrogens (primary N) is 1. The van der Waals surface area contributed by atoms with Crippen molar-refractivity contribution in [3.8, 4) is 11.3 Å². The number of rotatable bonds is 4. The lowest BCUT2D eigenvalue weighted by atomic mass is 10.1. The summed E-state index contributed by atoms with van der Waals surface area (Å²) in [5, 5.41) is 2.89. The van der Waals surface area contributed by atoms with Gasteiger partial charge in [0.15, 0.2) is 0 Å². The van der Waals surface area contributed by atoms with Crippen LogP contribution in [-0.2, 0) is 9.53 Å². The van der Waals surface area contributed by atoms with E-state index in [1.807, 2.05) is 47.1 Å². The first-order valence-electron chi connectivity index (χ1n) is 8.29. The fourth-order valence-electron chi connectivity index (χ4n) is 2.99. The molecule has 2 atom stereocenters. The van der Waals surface area contributed by atoms with Crippen LogP contribution in [0.1, 0.15) is 12.8 Å². The Morgan fingerprint density at radius 2 is 2.16 bits per heavy atom. The fourth-order valence-corrected chi connectivity index (χ4v) is 2.99. The molecule has 0 bridgehead atoms. The topological polar surface area (TPSA) is 94.5 Å². The molecule has 3 heterocycles. The maximum Gasteiger partial charge on any atom is 0.253 e. The number of ether oxygens (including phenoxy) is 1. The predicted molar refractivity (Wildman–Crippen MR) is 94.0 cm³/mol. The van der Waals surface area contributed by atoms with Crippen molar-refractivity contribution in [3.05, 3.63) is 48.9 Å². The minimum atomic E-state index is -0.419. The van der Waals surface area contributed by atoms with Crippen LogP contribution in [-0.4, -0.2) is 39.0 Å². The van der Waals surface area contributed by atoms with Gasteiger partial charge in [-0.25, -0.2) is 9.97 Å². The number of aromatic nitrogens is 3. The third-order valence-electron chi connectivity index (χ3n) is 4.35. The summed E-state index contributed by atoms with van der Waals surface area (Å²) in [6.45, 7) is 0.451. The average molecular weight is 337 g/mol. The van der Waals surface area contributed by atoms with Gasteiger partial charge in [-0.1, -0.05) is 12.1 Å². The zero-order valence-electron chi connectivity index (χ0n) is 13.6. The summed E-state index contributed by atoms with van der Waals surface area (Å²) in [6.07, 6.45) is 6.65. The number of carbonyl (C=O) groups excluding carboxylic acids is 1. The number of fused-ring (bicyclic) bond motifs is 1. The first-order valence-corrected chi connectivity index (χ1v) is 8.29. The Hall–Kier alpha value is -2.77. The normalized spacial score (nSPS) is 20.0. The van der Waals surface area contributed by atoms with Crippen molar-refractivity contribution < 1.29 is 9.53 Å². The molecule has 0 unspecified atom stereocenters. The van der Waals surface area contributed by atoms with E-state index < -0.39 is 6.10 Å². The van der Waals surface area contributed by atoms with Crippen LogP contribution in [0, 0.1) is 0 Å². The number of nitrogens with one attached hydrogen (secondary N) is 1. The number of anilines is 1. The number of amides is 1. The second-order valence-corrected chi connectivity index (χ2v) is 6.08. The molecule has 0 spiro atoms. The summed E-state index contributed by atoms with van der Waals surface area (Å²) in [5.41, 5.74) is 8.11. The standard InChI is InChI=1S/C18H19N5O2/c19-10-14-6-7-16(25-14)17(24)21-13-4-2-12(3-5-13)15-11-23-9-1-8-20-18(23)22-15/h1-5,8-9,11,14,16H,6-7,10,19H2,(H,21,24)/t14-,16+/m1/s1. The lowest BCUT2D eigenvalue weighted by Crippen LogP contribution is -2.29. The highest BCUT2D eigenvalue weighted by Gasteiger charge is 2.29. The summed E-state index contributed by atoms with van der Waals surface area (Å²) in [4.78, 5) is 20.9. The summed E-state index contributed by atoms with van der Waals surface area (Å²) in [6, 6.07) is 9.43. The molecular weight excluding hydrogens is 318 g/mol. The maximum atomic E-state index is 12.2. The molecular formula is C18H19N5O2. The molecule has 3 aromatic rings. The average Bonchev–Trinajstić information content (AvgIpc) is 3.29. The number of hydrogen-bond donors (Lipinski definition) is 2. The molecule has 1 saturated heterocycles. The highest BCUT2D eigenvalue weighted by Crippen LogP contribution is 2.23. The second-order valence-electron chi connectivity index (χ2n) is 6.08. The Morgan fingerprint density at radius 3 is 2.88 bits per heavy atom. The van der Waals surface area contributed by atoms with Crippen LogP contribution in [0.2, 0.25) is 0 Å². The smallest absolute Gasteiger partial charge is 0.253 e. The maximum absolute atomic E-state index is 12.2. The van der Waals surface area contributed by atoms with Crippen molar-refractivity contribution in [1.82, 2.24) is 14.4 Å². The van der Waals surface area contributed by atoms with E-state index in [1.54, 1.807) is 6.20 Å². The van der Waals surface area contributed by atoms with Crippen LogP contribution in [0.15, 0.2) is 48.9 Å². The number of carbonyl (C=O) groups is 1. The number of benzene rings is 1. The van der Waals surface area contributed by atoms with Gasteiger partial charge in [-0.15, -0.1) is 0 Å². The lowest BCUT2D eigenvalue weighted by molar-refractivity contribution is -0.126. The molecule has 1 fully saturated rings. The Labute approximate surface area is 144 Å². The molecule has 0 radical (unpaired) electrons. The largest absolute Gasteiger partial charge is 0.364 e. The van der Waals surface area contributed by atoms with E-state index in [9.17, 15) is 4.79 Å². The third-order valence-corrected chi connectivity index (χ3v) is 4.35. The summed E-state index contributed by atoms with van der Waals surface area (Å²) in [7, 11) is 0. The van der Waals surface area contributed by atoms with Gasteiger partial charge in [0.05, 0.1) is 11.8 Å². The van der Waals surface area contributed by atoms with Crippen molar-refractivity contribution in [1.29, 1.82) is 0 Å².